The molecule has 3 fully saturated rings. The van der Waals surface area contributed by atoms with E-state index in [1.807, 2.05) is 0 Å². The highest BCUT2D eigenvalue weighted by atomic mass is 15.3. The van der Waals surface area contributed by atoms with Crippen LogP contribution >= 0.6 is 0 Å². The third-order valence-corrected chi connectivity index (χ3v) is 5.54. The van der Waals surface area contributed by atoms with E-state index in [2.05, 4.69) is 22.0 Å². The van der Waals surface area contributed by atoms with Crippen molar-refractivity contribution >= 4 is 0 Å². The first-order valence-electron chi connectivity index (χ1n) is 8.56. The van der Waals surface area contributed by atoms with Gasteiger partial charge in [0.05, 0.1) is 0 Å². The fourth-order valence-electron chi connectivity index (χ4n) is 4.51. The number of fused-ring (bicyclic) bond motifs is 1. The van der Waals surface area contributed by atoms with Crippen molar-refractivity contribution in [3.8, 4) is 0 Å². The molecule has 0 amide bonds. The molecule has 1 N–H and O–H groups in total. The van der Waals surface area contributed by atoms with Crippen LogP contribution in [-0.4, -0.2) is 61.2 Å². The number of nitrogens with one attached hydrogen (secondary N) is 1. The second-order valence-corrected chi connectivity index (χ2v) is 6.80. The molecule has 19 heavy (non-hydrogen) atoms. The van der Waals surface area contributed by atoms with Crippen molar-refractivity contribution in [3.05, 3.63) is 0 Å². The largest absolute Gasteiger partial charge is 0.314 e. The number of hydrogen-bond donors (Lipinski definition) is 1. The van der Waals surface area contributed by atoms with Gasteiger partial charge in [0, 0.05) is 38.3 Å². The Hall–Kier alpha value is -0.120. The Morgan fingerprint density at radius 1 is 1.00 bits per heavy atom. The Bertz CT molecular complexity index is 279. The van der Waals surface area contributed by atoms with E-state index in [1.165, 1.54) is 71.2 Å². The summed E-state index contributed by atoms with van der Waals surface area (Å²) in [7, 11) is 0. The normalized spacial score (nSPS) is 37.4. The Labute approximate surface area is 118 Å². The second-order valence-electron chi connectivity index (χ2n) is 6.80. The van der Waals surface area contributed by atoms with E-state index in [0.717, 1.165) is 24.5 Å². The van der Waals surface area contributed by atoms with Crippen LogP contribution in [0.15, 0.2) is 0 Å². The molecule has 0 aromatic rings. The van der Waals surface area contributed by atoms with Gasteiger partial charge in [-0.05, 0) is 44.7 Å². The SMILES string of the molecule is CCNC1CCCCC1CN1CCN2CCCC2C1. The summed E-state index contributed by atoms with van der Waals surface area (Å²) in [4.78, 5) is 5.49. The summed E-state index contributed by atoms with van der Waals surface area (Å²) in [6.45, 7) is 10.1. The highest BCUT2D eigenvalue weighted by Crippen LogP contribution is 2.27. The molecule has 3 atom stereocenters. The molecule has 110 valence electrons. The van der Waals surface area contributed by atoms with Gasteiger partial charge in [-0.25, -0.2) is 0 Å². The van der Waals surface area contributed by atoms with Crippen LogP contribution in [-0.2, 0) is 0 Å². The lowest BCUT2D eigenvalue weighted by molar-refractivity contribution is 0.0779. The zero-order valence-corrected chi connectivity index (χ0v) is 12.6. The van der Waals surface area contributed by atoms with Gasteiger partial charge in [-0.3, -0.25) is 4.90 Å². The average molecular weight is 265 g/mol. The Balaban J connectivity index is 1.51. The zero-order valence-electron chi connectivity index (χ0n) is 12.6. The van der Waals surface area contributed by atoms with Crippen molar-refractivity contribution in [2.24, 2.45) is 5.92 Å². The summed E-state index contributed by atoms with van der Waals surface area (Å²) in [5.41, 5.74) is 0. The van der Waals surface area contributed by atoms with Gasteiger partial charge in [0.15, 0.2) is 0 Å². The van der Waals surface area contributed by atoms with Crippen molar-refractivity contribution in [1.82, 2.24) is 15.1 Å². The average Bonchev–Trinajstić information content (AvgIpc) is 2.89. The Morgan fingerprint density at radius 2 is 1.89 bits per heavy atom. The van der Waals surface area contributed by atoms with Crippen molar-refractivity contribution in [2.75, 3.05) is 39.3 Å². The van der Waals surface area contributed by atoms with E-state index >= 15 is 0 Å². The highest BCUT2D eigenvalue weighted by molar-refractivity contribution is 4.89. The molecule has 0 aromatic heterocycles. The van der Waals surface area contributed by atoms with Gasteiger partial charge in [0.2, 0.25) is 0 Å². The quantitative estimate of drug-likeness (QED) is 0.838. The number of rotatable bonds is 4. The summed E-state index contributed by atoms with van der Waals surface area (Å²) in [6, 6.07) is 1.68. The van der Waals surface area contributed by atoms with Crippen molar-refractivity contribution in [3.63, 3.8) is 0 Å². The molecule has 3 aliphatic rings. The molecule has 0 spiro atoms. The molecule has 3 unspecified atom stereocenters. The van der Waals surface area contributed by atoms with Crippen LogP contribution in [0, 0.1) is 5.92 Å². The van der Waals surface area contributed by atoms with Crippen LogP contribution in [0.1, 0.15) is 45.4 Å². The van der Waals surface area contributed by atoms with Gasteiger partial charge in [-0.15, -0.1) is 0 Å². The van der Waals surface area contributed by atoms with Gasteiger partial charge in [-0.1, -0.05) is 19.8 Å². The Kier molecular flexibility index (Phi) is 4.78. The molecular formula is C16H31N3. The van der Waals surface area contributed by atoms with Gasteiger partial charge >= 0.3 is 0 Å². The van der Waals surface area contributed by atoms with Gasteiger partial charge < -0.3 is 10.2 Å². The van der Waals surface area contributed by atoms with E-state index in [1.54, 1.807) is 0 Å². The lowest BCUT2D eigenvalue weighted by Crippen LogP contribution is -2.53. The van der Waals surface area contributed by atoms with Crippen molar-refractivity contribution < 1.29 is 0 Å². The fourth-order valence-corrected chi connectivity index (χ4v) is 4.51. The molecule has 2 saturated heterocycles. The molecule has 1 aliphatic carbocycles. The van der Waals surface area contributed by atoms with Crippen LogP contribution in [0.3, 0.4) is 0 Å². The maximum atomic E-state index is 3.73. The molecule has 2 aliphatic heterocycles. The van der Waals surface area contributed by atoms with E-state index in [-0.39, 0.29) is 0 Å². The first-order valence-corrected chi connectivity index (χ1v) is 8.56. The van der Waals surface area contributed by atoms with Crippen LogP contribution in [0.5, 0.6) is 0 Å². The predicted octanol–water partition coefficient (Wildman–Crippen LogP) is 1.93. The summed E-state index contributed by atoms with van der Waals surface area (Å²) in [6.07, 6.45) is 8.62. The third-order valence-electron chi connectivity index (χ3n) is 5.54. The molecule has 3 nitrogen and oxygen atoms in total. The standard InChI is InChI=1S/C16H31N3/c1-2-17-16-8-4-3-6-14(16)12-18-10-11-19-9-5-7-15(19)13-18/h14-17H,2-13H2,1H3. The predicted molar refractivity (Wildman–Crippen MR) is 80.5 cm³/mol. The molecule has 3 rings (SSSR count). The van der Waals surface area contributed by atoms with Crippen LogP contribution in [0.4, 0.5) is 0 Å². The van der Waals surface area contributed by atoms with Gasteiger partial charge in [0.25, 0.3) is 0 Å². The zero-order chi connectivity index (χ0) is 13.1. The molecule has 2 heterocycles. The van der Waals surface area contributed by atoms with Crippen LogP contribution in [0.2, 0.25) is 0 Å². The lowest BCUT2D eigenvalue weighted by Gasteiger charge is -2.41. The van der Waals surface area contributed by atoms with Crippen LogP contribution < -0.4 is 5.32 Å². The molecule has 1 saturated carbocycles. The summed E-state index contributed by atoms with van der Waals surface area (Å²) < 4.78 is 0. The van der Waals surface area contributed by atoms with Gasteiger partial charge in [0.1, 0.15) is 0 Å². The topological polar surface area (TPSA) is 18.5 Å². The smallest absolute Gasteiger partial charge is 0.0224 e. The first-order chi connectivity index (χ1) is 9.36. The third kappa shape index (κ3) is 3.32. The lowest BCUT2D eigenvalue weighted by atomic mass is 9.84. The van der Waals surface area contributed by atoms with E-state index < -0.39 is 0 Å². The summed E-state index contributed by atoms with van der Waals surface area (Å²) in [5.74, 6) is 0.904. The highest BCUT2D eigenvalue weighted by Gasteiger charge is 2.33. The minimum Gasteiger partial charge on any atom is -0.314 e. The first kappa shape index (κ1) is 13.8. The molecule has 0 aromatic carbocycles. The maximum Gasteiger partial charge on any atom is 0.0224 e. The monoisotopic (exact) mass is 265 g/mol. The number of piperazine rings is 1. The van der Waals surface area contributed by atoms with Crippen LogP contribution in [0.25, 0.3) is 0 Å². The molecular weight excluding hydrogens is 234 g/mol. The number of hydrogen-bond acceptors (Lipinski definition) is 3. The maximum absolute atomic E-state index is 3.73. The van der Waals surface area contributed by atoms with E-state index in [4.69, 9.17) is 0 Å². The number of nitrogens with zero attached hydrogens (tertiary/aromatic N) is 2. The van der Waals surface area contributed by atoms with E-state index in [9.17, 15) is 0 Å². The molecule has 0 bridgehead atoms. The summed E-state index contributed by atoms with van der Waals surface area (Å²) in [5, 5.41) is 3.73. The molecule has 0 radical (unpaired) electrons. The van der Waals surface area contributed by atoms with E-state index in [0.29, 0.717) is 0 Å². The van der Waals surface area contributed by atoms with Crippen molar-refractivity contribution in [2.45, 2.75) is 57.5 Å². The minimum atomic E-state index is 0.792. The molecule has 3 heteroatoms. The Morgan fingerprint density at radius 3 is 2.79 bits per heavy atom. The van der Waals surface area contributed by atoms with Crippen molar-refractivity contribution in [1.29, 1.82) is 0 Å². The summed E-state index contributed by atoms with van der Waals surface area (Å²) >= 11 is 0. The fraction of sp³-hybridized carbons (Fsp3) is 1.00. The minimum absolute atomic E-state index is 0.792. The van der Waals surface area contributed by atoms with Gasteiger partial charge in [-0.2, -0.15) is 0 Å². The second kappa shape index (κ2) is 6.55.